The Labute approximate surface area is 262 Å². The van der Waals surface area contributed by atoms with Crippen molar-refractivity contribution in [2.45, 2.75) is 51.7 Å². The van der Waals surface area contributed by atoms with E-state index in [0.29, 0.717) is 39.2 Å². The number of fused-ring (bicyclic) bond motifs is 1. The number of rotatable bonds is 13. The lowest BCUT2D eigenvalue weighted by Crippen LogP contribution is -2.51. The number of ether oxygens (including phenoxy) is 2. The minimum absolute atomic E-state index is 0.00184. The molecule has 12 heteroatoms. The molecule has 0 radical (unpaired) electrons. The largest absolute Gasteiger partial charge is 0.454 e. The molecule has 0 aromatic heterocycles. The van der Waals surface area contributed by atoms with Crippen molar-refractivity contribution in [2.24, 2.45) is 0 Å². The number of hydrogen-bond acceptors (Lipinski definition) is 6. The predicted molar refractivity (Wildman–Crippen MR) is 168 cm³/mol. The van der Waals surface area contributed by atoms with Gasteiger partial charge >= 0.3 is 0 Å². The summed E-state index contributed by atoms with van der Waals surface area (Å²) in [6, 6.07) is 18.5. The molecule has 1 N–H and O–H groups in total. The van der Waals surface area contributed by atoms with Crippen LogP contribution in [0.4, 0.5) is 5.69 Å². The van der Waals surface area contributed by atoms with Gasteiger partial charge in [-0.1, -0.05) is 59.6 Å². The van der Waals surface area contributed by atoms with Crippen LogP contribution in [0.15, 0.2) is 66.7 Å². The molecular formula is C31H35Cl2N3O6S. The zero-order valence-corrected chi connectivity index (χ0v) is 26.6. The van der Waals surface area contributed by atoms with Gasteiger partial charge in [-0.2, -0.15) is 0 Å². The van der Waals surface area contributed by atoms with Gasteiger partial charge in [0.1, 0.15) is 6.04 Å². The molecule has 3 aromatic carbocycles. The third kappa shape index (κ3) is 8.78. The number of nitrogens with one attached hydrogen (secondary N) is 1. The van der Waals surface area contributed by atoms with Crippen molar-refractivity contribution in [3.8, 4) is 11.5 Å². The van der Waals surface area contributed by atoms with E-state index in [9.17, 15) is 18.0 Å². The second-order valence-electron chi connectivity index (χ2n) is 10.6. The molecule has 0 saturated carbocycles. The van der Waals surface area contributed by atoms with Crippen LogP contribution >= 0.6 is 23.2 Å². The van der Waals surface area contributed by atoms with E-state index in [0.717, 1.165) is 11.8 Å². The van der Waals surface area contributed by atoms with Gasteiger partial charge in [0, 0.05) is 38.0 Å². The van der Waals surface area contributed by atoms with E-state index < -0.39 is 16.1 Å². The SMILES string of the molecule is CC(C)NC(=O)[C@H](Cc1ccccc1)N(Cc1ccc(Cl)c(Cl)c1)C(=O)CCCN(c1ccc2c(c1)OCO2)S(C)(=O)=O. The molecule has 0 spiro atoms. The Morgan fingerprint density at radius 2 is 1.65 bits per heavy atom. The van der Waals surface area contributed by atoms with E-state index in [1.54, 1.807) is 36.4 Å². The number of carbonyl (C=O) groups excluding carboxylic acids is 2. The maximum absolute atomic E-state index is 13.9. The van der Waals surface area contributed by atoms with Crippen molar-refractivity contribution in [2.75, 3.05) is 23.9 Å². The van der Waals surface area contributed by atoms with Crippen molar-refractivity contribution >= 4 is 50.7 Å². The topological polar surface area (TPSA) is 105 Å². The number of carbonyl (C=O) groups is 2. The van der Waals surface area contributed by atoms with Crippen LogP contribution < -0.4 is 19.1 Å². The number of benzene rings is 3. The zero-order chi connectivity index (χ0) is 31.1. The van der Waals surface area contributed by atoms with Gasteiger partial charge < -0.3 is 19.7 Å². The lowest BCUT2D eigenvalue weighted by atomic mass is 10.0. The van der Waals surface area contributed by atoms with E-state index in [4.69, 9.17) is 32.7 Å². The minimum atomic E-state index is -3.67. The molecule has 0 fully saturated rings. The number of halogens is 2. The molecule has 3 aromatic rings. The van der Waals surface area contributed by atoms with Gasteiger partial charge in [0.15, 0.2) is 11.5 Å². The van der Waals surface area contributed by atoms with E-state index in [1.165, 1.54) is 9.21 Å². The molecule has 9 nitrogen and oxygen atoms in total. The number of hydrogen-bond donors (Lipinski definition) is 1. The van der Waals surface area contributed by atoms with Crippen molar-refractivity contribution in [3.63, 3.8) is 0 Å². The molecule has 1 aliphatic rings. The van der Waals surface area contributed by atoms with E-state index in [2.05, 4.69) is 5.32 Å². The Morgan fingerprint density at radius 1 is 0.930 bits per heavy atom. The van der Waals surface area contributed by atoms with E-state index in [-0.39, 0.29) is 50.6 Å². The molecule has 1 aliphatic heterocycles. The van der Waals surface area contributed by atoms with E-state index in [1.807, 2.05) is 44.2 Å². The fourth-order valence-electron chi connectivity index (χ4n) is 4.81. The summed E-state index contributed by atoms with van der Waals surface area (Å²) in [4.78, 5) is 29.0. The summed E-state index contributed by atoms with van der Waals surface area (Å²) in [6.45, 7) is 3.94. The summed E-state index contributed by atoms with van der Waals surface area (Å²) in [6.07, 6.45) is 1.61. The number of sulfonamides is 1. The molecule has 4 rings (SSSR count). The third-order valence-corrected chi connectivity index (χ3v) is 8.77. The minimum Gasteiger partial charge on any atom is -0.454 e. The Kier molecular flexibility index (Phi) is 10.8. The van der Waals surface area contributed by atoms with Gasteiger partial charge in [0.25, 0.3) is 0 Å². The Morgan fingerprint density at radius 3 is 2.33 bits per heavy atom. The molecular weight excluding hydrogens is 613 g/mol. The molecule has 2 amide bonds. The molecule has 0 bridgehead atoms. The monoisotopic (exact) mass is 647 g/mol. The summed E-state index contributed by atoms with van der Waals surface area (Å²) in [5.74, 6) is 0.403. The highest BCUT2D eigenvalue weighted by Gasteiger charge is 2.31. The van der Waals surface area contributed by atoms with Crippen LogP contribution in [0.3, 0.4) is 0 Å². The fourth-order valence-corrected chi connectivity index (χ4v) is 6.09. The Balaban J connectivity index is 1.59. The first-order chi connectivity index (χ1) is 20.4. The summed E-state index contributed by atoms with van der Waals surface area (Å²) in [5, 5.41) is 3.67. The van der Waals surface area contributed by atoms with Crippen LogP contribution in [0.5, 0.6) is 11.5 Å². The van der Waals surface area contributed by atoms with Crippen LogP contribution in [0.2, 0.25) is 10.0 Å². The van der Waals surface area contributed by atoms with Crippen molar-refractivity contribution < 1.29 is 27.5 Å². The molecule has 0 saturated heterocycles. The van der Waals surface area contributed by atoms with Crippen LogP contribution in [0.25, 0.3) is 0 Å². The van der Waals surface area contributed by atoms with Gasteiger partial charge in [-0.15, -0.1) is 0 Å². The Bertz CT molecular complexity index is 1550. The summed E-state index contributed by atoms with van der Waals surface area (Å²) < 4.78 is 37.4. The quantitative estimate of drug-likeness (QED) is 0.265. The number of amides is 2. The lowest BCUT2D eigenvalue weighted by molar-refractivity contribution is -0.141. The van der Waals surface area contributed by atoms with Gasteiger partial charge in [0.05, 0.1) is 22.0 Å². The first-order valence-electron chi connectivity index (χ1n) is 13.9. The maximum Gasteiger partial charge on any atom is 0.243 e. The van der Waals surface area contributed by atoms with Gasteiger partial charge in [-0.3, -0.25) is 13.9 Å². The standard InChI is InChI=1S/C31H35Cl2N3O6S/c1-21(2)34-31(38)27(17-22-8-5-4-6-9-22)35(19-23-11-13-25(32)26(33)16-23)30(37)10-7-15-36(43(3,39)40)24-12-14-28-29(18-24)42-20-41-28/h4-6,8-9,11-14,16,18,21,27H,7,10,15,17,19-20H2,1-3H3,(H,34,38)/t27-/m0/s1. The second-order valence-corrected chi connectivity index (χ2v) is 13.3. The second kappa shape index (κ2) is 14.3. The van der Waals surface area contributed by atoms with Crippen molar-refractivity contribution in [1.29, 1.82) is 0 Å². The smallest absolute Gasteiger partial charge is 0.243 e. The average molecular weight is 649 g/mol. The number of nitrogens with zero attached hydrogens (tertiary/aromatic N) is 2. The molecule has 43 heavy (non-hydrogen) atoms. The number of anilines is 1. The highest BCUT2D eigenvalue weighted by Crippen LogP contribution is 2.36. The predicted octanol–water partition coefficient (Wildman–Crippen LogP) is 5.43. The van der Waals surface area contributed by atoms with Gasteiger partial charge in [-0.25, -0.2) is 8.42 Å². The van der Waals surface area contributed by atoms with Crippen LogP contribution in [-0.2, 0) is 32.6 Å². The molecule has 230 valence electrons. The molecule has 1 heterocycles. The fraction of sp³-hybridized carbons (Fsp3) is 0.355. The summed E-state index contributed by atoms with van der Waals surface area (Å²) in [7, 11) is -3.67. The molecule has 1 atom stereocenters. The van der Waals surface area contributed by atoms with Crippen molar-refractivity contribution in [1.82, 2.24) is 10.2 Å². The summed E-state index contributed by atoms with van der Waals surface area (Å²) >= 11 is 12.4. The van der Waals surface area contributed by atoms with Crippen LogP contribution in [-0.4, -0.2) is 56.8 Å². The first kappa shape index (κ1) is 32.4. The van der Waals surface area contributed by atoms with Gasteiger partial charge in [0.2, 0.25) is 28.6 Å². The Hall–Kier alpha value is -3.47. The first-order valence-corrected chi connectivity index (χ1v) is 16.5. The molecule has 0 aliphatic carbocycles. The van der Waals surface area contributed by atoms with Gasteiger partial charge in [-0.05, 0) is 55.7 Å². The lowest BCUT2D eigenvalue weighted by Gasteiger charge is -2.32. The van der Waals surface area contributed by atoms with Crippen LogP contribution in [0.1, 0.15) is 37.8 Å². The average Bonchev–Trinajstić information content (AvgIpc) is 3.42. The zero-order valence-electron chi connectivity index (χ0n) is 24.3. The van der Waals surface area contributed by atoms with E-state index >= 15 is 0 Å². The highest BCUT2D eigenvalue weighted by molar-refractivity contribution is 7.92. The summed E-state index contributed by atoms with van der Waals surface area (Å²) in [5.41, 5.74) is 2.01. The maximum atomic E-state index is 13.9. The van der Waals surface area contributed by atoms with Crippen LogP contribution in [0, 0.1) is 0 Å². The molecule has 0 unspecified atom stereocenters. The highest BCUT2D eigenvalue weighted by atomic mass is 35.5. The normalized spacial score (nSPS) is 13.1. The third-order valence-electron chi connectivity index (χ3n) is 6.84. The van der Waals surface area contributed by atoms with Crippen molar-refractivity contribution in [3.05, 3.63) is 87.9 Å².